The second kappa shape index (κ2) is 11.7. The smallest absolute Gasteiger partial charge is 0.434 e. The number of sulfonamides is 1. The van der Waals surface area contributed by atoms with Crippen LogP contribution in [-0.2, 0) is 35.9 Å². The molecule has 0 saturated heterocycles. The van der Waals surface area contributed by atoms with Crippen molar-refractivity contribution in [1.82, 2.24) is 19.5 Å². The lowest BCUT2D eigenvalue weighted by Crippen LogP contribution is -2.25. The molecule has 0 fully saturated rings. The van der Waals surface area contributed by atoms with Gasteiger partial charge in [-0.3, -0.25) is 4.52 Å². The van der Waals surface area contributed by atoms with Gasteiger partial charge >= 0.3 is 24.5 Å². The first-order chi connectivity index (χ1) is 20.5. The Morgan fingerprint density at radius 3 is 2.52 bits per heavy atom. The van der Waals surface area contributed by atoms with E-state index in [2.05, 4.69) is 21.2 Å². The fourth-order valence-electron chi connectivity index (χ4n) is 5.07. The van der Waals surface area contributed by atoms with Crippen LogP contribution >= 0.6 is 7.82 Å². The molecule has 2 aromatic carbocycles. The minimum atomic E-state index is -4.71. The fourth-order valence-corrected chi connectivity index (χ4v) is 5.78. The normalized spacial score (nSPS) is 15.6. The number of aryl methyl sites for hydroxylation is 1. The molecule has 13 nitrogen and oxygen atoms in total. The second-order valence-electron chi connectivity index (χ2n) is 10.5. The number of alkyl halides is 2. The molecule has 1 aliphatic rings. The summed E-state index contributed by atoms with van der Waals surface area (Å²) >= 11 is 0. The largest absolute Gasteiger partial charge is 0.471 e. The van der Waals surface area contributed by atoms with E-state index in [1.54, 1.807) is 32.3 Å². The van der Waals surface area contributed by atoms with E-state index in [-0.39, 0.29) is 22.8 Å². The van der Waals surface area contributed by atoms with Crippen LogP contribution in [0.5, 0.6) is 5.75 Å². The molecule has 0 amide bonds. The maximum atomic E-state index is 13.4. The summed E-state index contributed by atoms with van der Waals surface area (Å²) in [7, 11) is -8.55. The highest BCUT2D eigenvalue weighted by molar-refractivity contribution is 7.84. The van der Waals surface area contributed by atoms with E-state index in [1.165, 1.54) is 18.2 Å². The topological polar surface area (TPSA) is 166 Å². The van der Waals surface area contributed by atoms with Gasteiger partial charge in [0.1, 0.15) is 17.2 Å². The van der Waals surface area contributed by atoms with Crippen LogP contribution in [0.4, 0.5) is 14.5 Å². The summed E-state index contributed by atoms with van der Waals surface area (Å²) < 4.78 is 80.0. The number of ether oxygens (including phenoxy) is 2. The van der Waals surface area contributed by atoms with Crippen molar-refractivity contribution in [2.45, 2.75) is 44.9 Å². The number of imidazole rings is 1. The van der Waals surface area contributed by atoms with Crippen LogP contribution in [0.25, 0.3) is 22.2 Å². The molecule has 0 unspecified atom stereocenters. The number of phosphoric acid groups is 1. The number of hydrogen-bond donors (Lipinski definition) is 2. The van der Waals surface area contributed by atoms with Crippen molar-refractivity contribution in [1.29, 1.82) is 0 Å². The summed E-state index contributed by atoms with van der Waals surface area (Å²) in [6.45, 7) is 3.09. The highest BCUT2D eigenvalue weighted by atomic mass is 32.2. The Labute approximate surface area is 251 Å². The third kappa shape index (κ3) is 6.55. The minimum Gasteiger partial charge on any atom is -0.434 e. The number of fused-ring (bicyclic) bond motifs is 3. The van der Waals surface area contributed by atoms with Gasteiger partial charge in [-0.05, 0) is 44.0 Å². The van der Waals surface area contributed by atoms with E-state index in [1.807, 2.05) is 16.7 Å². The molecule has 3 heterocycles. The zero-order valence-corrected chi connectivity index (χ0v) is 25.5. The van der Waals surface area contributed by atoms with Crippen molar-refractivity contribution in [3.63, 3.8) is 0 Å². The molecule has 0 spiro atoms. The first-order valence-electron chi connectivity index (χ1n) is 13.1. The third-order valence-corrected chi connectivity index (χ3v) is 8.58. The average molecular weight is 653 g/mol. The summed E-state index contributed by atoms with van der Waals surface area (Å²) in [5, 5.41) is 0. The first kappa shape index (κ1) is 31.8. The lowest BCUT2D eigenvalue weighted by atomic mass is 10.0. The average Bonchev–Trinajstić information content (AvgIpc) is 3.50. The number of nitrogens with zero attached hydrogens (tertiary/aromatic N) is 5. The van der Waals surface area contributed by atoms with Crippen molar-refractivity contribution >= 4 is 41.3 Å². The molecule has 1 atom stereocenters. The van der Waals surface area contributed by atoms with Gasteiger partial charge in [0.2, 0.25) is 5.69 Å². The van der Waals surface area contributed by atoms with Crippen LogP contribution in [0.15, 0.2) is 48.8 Å². The molecule has 2 aromatic heterocycles. The molecule has 0 saturated carbocycles. The minimum absolute atomic E-state index is 0.113. The number of aromatic nitrogens is 4. The van der Waals surface area contributed by atoms with Crippen LogP contribution < -0.4 is 4.74 Å². The van der Waals surface area contributed by atoms with Crippen LogP contribution in [0.3, 0.4) is 0 Å². The van der Waals surface area contributed by atoms with Crippen molar-refractivity contribution < 1.29 is 49.5 Å². The Kier molecular flexibility index (Phi) is 8.44. The van der Waals surface area contributed by atoms with E-state index in [4.69, 9.17) is 24.2 Å². The Morgan fingerprint density at radius 2 is 1.89 bits per heavy atom. The first-order valence-corrected chi connectivity index (χ1v) is 16.5. The molecule has 0 radical (unpaired) electrons. The summed E-state index contributed by atoms with van der Waals surface area (Å²) in [6, 6.07) is 9.19. The Morgan fingerprint density at radius 1 is 1.18 bits per heavy atom. The highest BCUT2D eigenvalue weighted by Gasteiger charge is 2.36. The quantitative estimate of drug-likeness (QED) is 0.103. The lowest BCUT2D eigenvalue weighted by Gasteiger charge is -2.23. The summed E-state index contributed by atoms with van der Waals surface area (Å²) in [5.41, 5.74) is 1.90. The van der Waals surface area contributed by atoms with Gasteiger partial charge in [0.05, 0.1) is 28.9 Å². The third-order valence-electron chi connectivity index (χ3n) is 7.14. The monoisotopic (exact) mass is 652 g/mol. The molecule has 0 bridgehead atoms. The lowest BCUT2D eigenvalue weighted by molar-refractivity contribution is -0.249. The van der Waals surface area contributed by atoms with E-state index in [9.17, 15) is 21.8 Å². The molecule has 17 heteroatoms. The van der Waals surface area contributed by atoms with Crippen LogP contribution in [0.2, 0.25) is 0 Å². The molecule has 0 aliphatic carbocycles. The number of hydrogen-bond acceptors (Lipinski definition) is 9. The van der Waals surface area contributed by atoms with Gasteiger partial charge in [0, 0.05) is 30.4 Å². The van der Waals surface area contributed by atoms with Crippen LogP contribution in [0, 0.1) is 0 Å². The Hall–Kier alpha value is -3.66. The second-order valence-corrected chi connectivity index (χ2v) is 13.7. The predicted molar refractivity (Wildman–Crippen MR) is 154 cm³/mol. The van der Waals surface area contributed by atoms with Crippen molar-refractivity contribution in [3.8, 4) is 16.9 Å². The molecule has 4 aromatic rings. The van der Waals surface area contributed by atoms with E-state index in [0.29, 0.717) is 40.8 Å². The molecular formula is C27H29F2N5O8PS+. The van der Waals surface area contributed by atoms with E-state index < -0.39 is 42.9 Å². The maximum absolute atomic E-state index is 13.4. The molecule has 2 N–H and O–H groups in total. The van der Waals surface area contributed by atoms with E-state index in [0.717, 1.165) is 10.2 Å². The molecular weight excluding hydrogens is 623 g/mol. The fraction of sp³-hybridized carbons (Fsp3) is 0.333. The maximum Gasteiger partial charge on any atom is 0.471 e. The molecule has 44 heavy (non-hydrogen) atoms. The van der Waals surface area contributed by atoms with Gasteiger partial charge in [-0.15, -0.1) is 0 Å². The Balaban J connectivity index is 1.53. The standard InChI is InChI=1S/C27H28F2N5O8PS/c1-27(2,40-15-41-43(35,36)37)25-30-13-17(14-31-25)16-8-9-18-21(12-16)34-20(10-11-23(34)32-18)24-19(33(3)44(4,38)39)6-5-7-22(24)42-26(28)29/h5-9,12-14,20,26H,3,10-11,15H2,1-2,4H3,(H-,35,36,37)/p+1/t20-/m1/s1. The Bertz CT molecular complexity index is 1890. The zero-order valence-electron chi connectivity index (χ0n) is 23.8. The summed E-state index contributed by atoms with van der Waals surface area (Å²) in [4.78, 5) is 31.2. The number of halogens is 2. The highest BCUT2D eigenvalue weighted by Crippen LogP contribution is 2.45. The zero-order chi connectivity index (χ0) is 32.0. The van der Waals surface area contributed by atoms with Gasteiger partial charge in [-0.25, -0.2) is 19.5 Å². The van der Waals surface area contributed by atoms with Crippen LogP contribution in [0.1, 0.15) is 43.5 Å². The van der Waals surface area contributed by atoms with E-state index >= 15 is 0 Å². The van der Waals surface area contributed by atoms with Gasteiger partial charge in [-0.1, -0.05) is 16.1 Å². The predicted octanol–water partition coefficient (Wildman–Crippen LogP) is 4.25. The molecule has 1 aliphatic heterocycles. The van der Waals surface area contributed by atoms with Gasteiger partial charge in [-0.2, -0.15) is 17.2 Å². The van der Waals surface area contributed by atoms with Gasteiger partial charge in [0.25, 0.3) is 0 Å². The number of benzene rings is 2. The molecule has 5 rings (SSSR count). The number of rotatable bonds is 11. The van der Waals surface area contributed by atoms with Crippen molar-refractivity contribution in [2.24, 2.45) is 0 Å². The van der Waals surface area contributed by atoms with Gasteiger partial charge in [0.15, 0.2) is 19.3 Å². The van der Waals surface area contributed by atoms with Crippen LogP contribution in [-0.4, -0.2) is 68.1 Å². The SMILES string of the molecule is C=[N+](c1cccc(OC(F)F)c1[C@H]1CCc2nc3ccc(-c4cnc(C(C)(C)OCOP(=O)(O)O)nc4)cc3n21)S(C)(=O)=O. The molecule has 234 valence electrons. The van der Waals surface area contributed by atoms with Gasteiger partial charge < -0.3 is 23.8 Å². The van der Waals surface area contributed by atoms with Crippen molar-refractivity contribution in [3.05, 3.63) is 66.0 Å². The summed E-state index contributed by atoms with van der Waals surface area (Å²) in [5.74, 6) is 0.775. The van der Waals surface area contributed by atoms with Crippen molar-refractivity contribution in [2.75, 3.05) is 13.0 Å². The number of phosphoric ester groups is 1. The summed E-state index contributed by atoms with van der Waals surface area (Å²) in [6.07, 6.45) is 5.06.